The van der Waals surface area contributed by atoms with Gasteiger partial charge in [0.15, 0.2) is 0 Å². The van der Waals surface area contributed by atoms with Gasteiger partial charge < -0.3 is 4.74 Å². The van der Waals surface area contributed by atoms with Gasteiger partial charge in [0.1, 0.15) is 6.10 Å². The van der Waals surface area contributed by atoms with Crippen molar-refractivity contribution in [2.75, 3.05) is 0 Å². The van der Waals surface area contributed by atoms with Crippen LogP contribution in [-0.2, 0) is 14.7 Å². The molecule has 0 aliphatic carbocycles. The van der Waals surface area contributed by atoms with Crippen LogP contribution >= 0.6 is 0 Å². The second kappa shape index (κ2) is 7.78. The number of piperidine rings is 1. The van der Waals surface area contributed by atoms with E-state index in [0.717, 1.165) is 32.1 Å². The van der Waals surface area contributed by atoms with Crippen LogP contribution in [0.25, 0.3) is 0 Å². The zero-order valence-corrected chi connectivity index (χ0v) is 15.3. The normalized spacial score (nSPS) is 36.3. The molecule has 1 aliphatic heterocycles. The van der Waals surface area contributed by atoms with E-state index in [9.17, 15) is 10.0 Å². The standard InChI is InChI=1S/C18H34NO3/c1-7-10-11-12-16(20)22-15-13-17(5,8-2)19(21)18(6,9-3)14(15)4/h14-15H,7-13H2,1-6H3. The number of carbonyl (C=O) groups excluding carboxylic acids is 1. The lowest BCUT2D eigenvalue weighted by Crippen LogP contribution is -2.66. The molecule has 4 unspecified atom stereocenters. The molecule has 0 aromatic carbocycles. The molecule has 1 aliphatic rings. The molecule has 1 rings (SSSR count). The Balaban J connectivity index is 2.83. The molecular weight excluding hydrogens is 278 g/mol. The van der Waals surface area contributed by atoms with Gasteiger partial charge in [0.25, 0.3) is 0 Å². The molecule has 22 heavy (non-hydrogen) atoms. The van der Waals surface area contributed by atoms with E-state index in [-0.39, 0.29) is 18.0 Å². The molecule has 1 radical (unpaired) electrons. The number of carbonyl (C=O) groups is 1. The lowest BCUT2D eigenvalue weighted by Gasteiger charge is -2.55. The van der Waals surface area contributed by atoms with Crippen molar-refractivity contribution in [1.82, 2.24) is 5.06 Å². The number of esters is 1. The summed E-state index contributed by atoms with van der Waals surface area (Å²) in [5, 5.41) is 14.1. The zero-order chi connectivity index (χ0) is 17.0. The Morgan fingerprint density at radius 3 is 2.32 bits per heavy atom. The van der Waals surface area contributed by atoms with Crippen molar-refractivity contribution in [2.24, 2.45) is 5.92 Å². The minimum absolute atomic E-state index is 0.0461. The third-order valence-corrected chi connectivity index (χ3v) is 5.88. The minimum Gasteiger partial charge on any atom is -0.462 e. The Hall–Kier alpha value is -0.610. The summed E-state index contributed by atoms with van der Waals surface area (Å²) in [4.78, 5) is 12.1. The predicted molar refractivity (Wildman–Crippen MR) is 87.7 cm³/mol. The maximum absolute atomic E-state index is 12.9. The highest BCUT2D eigenvalue weighted by molar-refractivity contribution is 5.69. The molecule has 0 aromatic rings. The van der Waals surface area contributed by atoms with Crippen LogP contribution in [0.1, 0.15) is 86.5 Å². The van der Waals surface area contributed by atoms with Gasteiger partial charge in [0, 0.05) is 18.8 Å². The summed E-state index contributed by atoms with van der Waals surface area (Å²) in [6, 6.07) is 0. The smallest absolute Gasteiger partial charge is 0.306 e. The number of rotatable bonds is 7. The van der Waals surface area contributed by atoms with Gasteiger partial charge in [-0.2, -0.15) is 0 Å². The number of unbranched alkanes of at least 4 members (excludes halogenated alkanes) is 2. The molecule has 0 N–H and O–H groups in total. The molecule has 0 spiro atoms. The van der Waals surface area contributed by atoms with E-state index in [1.54, 1.807) is 0 Å². The first kappa shape index (κ1) is 19.4. The Morgan fingerprint density at radius 2 is 1.82 bits per heavy atom. The van der Waals surface area contributed by atoms with Crippen molar-refractivity contribution >= 4 is 5.97 Å². The number of hydrogen-bond donors (Lipinski definition) is 0. The van der Waals surface area contributed by atoms with E-state index in [1.165, 1.54) is 5.06 Å². The number of ether oxygens (including phenoxy) is 1. The fraction of sp³-hybridized carbons (Fsp3) is 0.944. The monoisotopic (exact) mass is 312 g/mol. The average Bonchev–Trinajstić information content (AvgIpc) is 2.51. The number of hydrogen-bond acceptors (Lipinski definition) is 3. The van der Waals surface area contributed by atoms with Gasteiger partial charge in [-0.1, -0.05) is 40.5 Å². The van der Waals surface area contributed by atoms with Crippen molar-refractivity contribution in [3.8, 4) is 0 Å². The van der Waals surface area contributed by atoms with Crippen molar-refractivity contribution in [2.45, 2.75) is 104 Å². The van der Waals surface area contributed by atoms with Crippen LogP contribution in [0.15, 0.2) is 0 Å². The first-order chi connectivity index (χ1) is 10.2. The van der Waals surface area contributed by atoms with E-state index in [4.69, 9.17) is 4.74 Å². The molecule has 4 heteroatoms. The Labute approximate surface area is 136 Å². The lowest BCUT2D eigenvalue weighted by atomic mass is 9.69. The molecular formula is C18H34NO3. The van der Waals surface area contributed by atoms with Gasteiger partial charge >= 0.3 is 5.97 Å². The molecule has 0 aromatic heterocycles. The summed E-state index contributed by atoms with van der Waals surface area (Å²) in [7, 11) is 0. The van der Waals surface area contributed by atoms with Crippen molar-refractivity contribution in [3.63, 3.8) is 0 Å². The van der Waals surface area contributed by atoms with Gasteiger partial charge in [-0.15, -0.1) is 10.3 Å². The van der Waals surface area contributed by atoms with Crippen molar-refractivity contribution < 1.29 is 14.7 Å². The highest BCUT2D eigenvalue weighted by Gasteiger charge is 2.54. The highest BCUT2D eigenvalue weighted by Crippen LogP contribution is 2.45. The maximum Gasteiger partial charge on any atom is 0.306 e. The summed E-state index contributed by atoms with van der Waals surface area (Å²) in [5.41, 5.74) is -0.928. The largest absolute Gasteiger partial charge is 0.462 e. The molecule has 1 saturated heterocycles. The van der Waals surface area contributed by atoms with Crippen LogP contribution in [0.3, 0.4) is 0 Å². The Bertz CT molecular complexity index is 373. The van der Waals surface area contributed by atoms with Crippen molar-refractivity contribution in [3.05, 3.63) is 0 Å². The fourth-order valence-corrected chi connectivity index (χ4v) is 3.54. The first-order valence-electron chi connectivity index (χ1n) is 8.92. The summed E-state index contributed by atoms with van der Waals surface area (Å²) < 4.78 is 5.79. The molecule has 0 bridgehead atoms. The van der Waals surface area contributed by atoms with E-state index in [2.05, 4.69) is 6.92 Å². The van der Waals surface area contributed by atoms with Crippen LogP contribution in [0.2, 0.25) is 0 Å². The highest BCUT2D eigenvalue weighted by atomic mass is 16.5. The van der Waals surface area contributed by atoms with Gasteiger partial charge in [-0.3, -0.25) is 4.79 Å². The van der Waals surface area contributed by atoms with Gasteiger partial charge in [-0.25, -0.2) is 0 Å². The Kier molecular flexibility index (Phi) is 6.87. The molecule has 4 atom stereocenters. The van der Waals surface area contributed by atoms with E-state index in [1.807, 2.05) is 34.6 Å². The van der Waals surface area contributed by atoms with Gasteiger partial charge in [0.05, 0.1) is 11.1 Å². The molecule has 0 saturated carbocycles. The van der Waals surface area contributed by atoms with Crippen LogP contribution in [0.4, 0.5) is 0 Å². The van der Waals surface area contributed by atoms with E-state index in [0.29, 0.717) is 12.8 Å². The quantitative estimate of drug-likeness (QED) is 0.513. The third kappa shape index (κ3) is 3.83. The lowest BCUT2D eigenvalue weighted by molar-refractivity contribution is -0.324. The molecule has 1 heterocycles. The maximum atomic E-state index is 12.9. The fourth-order valence-electron chi connectivity index (χ4n) is 3.54. The van der Waals surface area contributed by atoms with E-state index >= 15 is 0 Å². The van der Waals surface area contributed by atoms with E-state index < -0.39 is 11.1 Å². The summed E-state index contributed by atoms with van der Waals surface area (Å²) in [5.74, 6) is -0.0636. The van der Waals surface area contributed by atoms with Gasteiger partial charge in [0.2, 0.25) is 0 Å². The number of hydroxylamine groups is 2. The summed E-state index contributed by atoms with van der Waals surface area (Å²) in [6.45, 7) is 12.3. The molecule has 0 amide bonds. The summed E-state index contributed by atoms with van der Waals surface area (Å²) >= 11 is 0. The second-order valence-corrected chi connectivity index (χ2v) is 7.33. The second-order valence-electron chi connectivity index (χ2n) is 7.33. The topological polar surface area (TPSA) is 49.4 Å². The van der Waals surface area contributed by atoms with Crippen LogP contribution in [0, 0.1) is 5.92 Å². The zero-order valence-electron chi connectivity index (χ0n) is 15.3. The number of nitrogens with zero attached hydrogens (tertiary/aromatic N) is 1. The Morgan fingerprint density at radius 1 is 1.18 bits per heavy atom. The summed E-state index contributed by atoms with van der Waals surface area (Å²) in [6.07, 6.45) is 5.53. The first-order valence-corrected chi connectivity index (χ1v) is 8.92. The van der Waals surface area contributed by atoms with Crippen LogP contribution < -0.4 is 0 Å². The SMILES string of the molecule is CCCCCC(=O)OC1CC(C)(CC)N([O])C(C)(CC)C1C. The van der Waals surface area contributed by atoms with Gasteiger partial charge in [-0.05, 0) is 33.1 Å². The molecule has 129 valence electrons. The molecule has 4 nitrogen and oxygen atoms in total. The third-order valence-electron chi connectivity index (χ3n) is 5.88. The average molecular weight is 312 g/mol. The molecule has 1 fully saturated rings. The minimum atomic E-state index is -0.475. The van der Waals surface area contributed by atoms with Crippen LogP contribution in [0.5, 0.6) is 0 Å². The van der Waals surface area contributed by atoms with Crippen LogP contribution in [-0.4, -0.2) is 28.2 Å². The van der Waals surface area contributed by atoms with Crippen molar-refractivity contribution in [1.29, 1.82) is 0 Å². The predicted octanol–water partition coefficient (Wildman–Crippen LogP) is 4.50.